The molecule has 2 aliphatic heterocycles. The van der Waals surface area contributed by atoms with Gasteiger partial charge in [0.05, 0.1) is 12.0 Å². The molecule has 4 rings (SSSR count). The van der Waals surface area contributed by atoms with E-state index < -0.39 is 0 Å². The number of ether oxygens (including phenoxy) is 1. The lowest BCUT2D eigenvalue weighted by Gasteiger charge is -2.34. The van der Waals surface area contributed by atoms with Gasteiger partial charge in [-0.15, -0.1) is 0 Å². The predicted octanol–water partition coefficient (Wildman–Crippen LogP) is 2.26. The normalized spacial score (nSPS) is 29.1. The molecule has 1 aliphatic carbocycles. The molecule has 1 aromatic heterocycles. The number of carbonyl (C=O) groups is 1. The standard InChI is InChI=1S/C21H32N4O2/c26-21(19-13-23-24-20(19)17-5-2-1-3-6-17)25(15-18-7-4-12-27-18)14-16-8-10-22-11-9-16/h8-11,17-20,23-24H,1-7,12-15H2. The smallest absolute Gasteiger partial charge is 0.229 e. The van der Waals surface area contributed by atoms with E-state index >= 15 is 0 Å². The molecular weight excluding hydrogens is 340 g/mol. The number of aromatic nitrogens is 1. The summed E-state index contributed by atoms with van der Waals surface area (Å²) >= 11 is 0. The van der Waals surface area contributed by atoms with Gasteiger partial charge in [-0.25, -0.2) is 0 Å². The van der Waals surface area contributed by atoms with Crippen LogP contribution in [-0.4, -0.2) is 47.6 Å². The maximum atomic E-state index is 13.6. The first-order valence-corrected chi connectivity index (χ1v) is 10.6. The zero-order chi connectivity index (χ0) is 18.5. The molecule has 3 unspecified atom stereocenters. The molecule has 3 aliphatic rings. The Morgan fingerprint density at radius 1 is 1.15 bits per heavy atom. The fourth-order valence-corrected chi connectivity index (χ4v) is 4.90. The molecule has 6 nitrogen and oxygen atoms in total. The van der Waals surface area contributed by atoms with E-state index in [9.17, 15) is 4.79 Å². The molecule has 0 radical (unpaired) electrons. The van der Waals surface area contributed by atoms with Crippen molar-refractivity contribution in [2.75, 3.05) is 19.7 Å². The van der Waals surface area contributed by atoms with Crippen LogP contribution in [0.1, 0.15) is 50.5 Å². The van der Waals surface area contributed by atoms with Crippen molar-refractivity contribution in [3.63, 3.8) is 0 Å². The maximum Gasteiger partial charge on any atom is 0.229 e. The Morgan fingerprint density at radius 3 is 2.70 bits per heavy atom. The minimum absolute atomic E-state index is 0.0105. The van der Waals surface area contributed by atoms with Gasteiger partial charge in [0, 0.05) is 44.7 Å². The fraction of sp³-hybridized carbons (Fsp3) is 0.714. The third kappa shape index (κ3) is 4.68. The lowest BCUT2D eigenvalue weighted by molar-refractivity contribution is -0.138. The van der Waals surface area contributed by atoms with E-state index in [1.165, 1.54) is 32.1 Å². The van der Waals surface area contributed by atoms with Gasteiger partial charge in [-0.05, 0) is 49.3 Å². The summed E-state index contributed by atoms with van der Waals surface area (Å²) in [6.45, 7) is 2.86. The number of nitrogens with zero attached hydrogens (tertiary/aromatic N) is 2. The van der Waals surface area contributed by atoms with Gasteiger partial charge in [-0.2, -0.15) is 0 Å². The molecule has 0 bridgehead atoms. The van der Waals surface area contributed by atoms with Crippen LogP contribution in [0.4, 0.5) is 0 Å². The van der Waals surface area contributed by atoms with Crippen LogP contribution in [0.5, 0.6) is 0 Å². The predicted molar refractivity (Wildman–Crippen MR) is 104 cm³/mol. The summed E-state index contributed by atoms with van der Waals surface area (Å²) in [7, 11) is 0. The van der Waals surface area contributed by atoms with E-state index in [1.54, 1.807) is 12.4 Å². The Balaban J connectivity index is 1.47. The number of rotatable bonds is 6. The van der Waals surface area contributed by atoms with E-state index in [1.807, 2.05) is 17.0 Å². The van der Waals surface area contributed by atoms with E-state index in [0.717, 1.165) is 31.6 Å². The highest BCUT2D eigenvalue weighted by Crippen LogP contribution is 2.32. The van der Waals surface area contributed by atoms with Gasteiger partial charge in [-0.3, -0.25) is 20.6 Å². The highest BCUT2D eigenvalue weighted by molar-refractivity contribution is 5.80. The van der Waals surface area contributed by atoms with Crippen molar-refractivity contribution in [1.29, 1.82) is 0 Å². The third-order valence-corrected chi connectivity index (χ3v) is 6.38. The van der Waals surface area contributed by atoms with Crippen molar-refractivity contribution < 1.29 is 9.53 Å². The molecule has 0 spiro atoms. The van der Waals surface area contributed by atoms with Crippen molar-refractivity contribution >= 4 is 5.91 Å². The summed E-state index contributed by atoms with van der Waals surface area (Å²) in [4.78, 5) is 19.7. The molecule has 148 valence electrons. The third-order valence-electron chi connectivity index (χ3n) is 6.38. The summed E-state index contributed by atoms with van der Waals surface area (Å²) in [5.41, 5.74) is 7.83. The van der Waals surface area contributed by atoms with Crippen LogP contribution >= 0.6 is 0 Å². The number of hydrogen-bond acceptors (Lipinski definition) is 5. The first-order valence-electron chi connectivity index (χ1n) is 10.6. The van der Waals surface area contributed by atoms with Crippen LogP contribution in [-0.2, 0) is 16.1 Å². The molecule has 27 heavy (non-hydrogen) atoms. The van der Waals surface area contributed by atoms with Gasteiger partial charge in [-0.1, -0.05) is 19.3 Å². The molecule has 0 aromatic carbocycles. The maximum absolute atomic E-state index is 13.6. The van der Waals surface area contributed by atoms with Crippen molar-refractivity contribution in [3.05, 3.63) is 30.1 Å². The molecule has 3 fully saturated rings. The molecule has 3 heterocycles. The van der Waals surface area contributed by atoms with E-state index in [0.29, 0.717) is 19.0 Å². The largest absolute Gasteiger partial charge is 0.376 e. The molecule has 1 aromatic rings. The number of pyridine rings is 1. The molecule has 3 atom stereocenters. The SMILES string of the molecule is O=C(C1CNNC1C1CCCCC1)N(Cc1ccncc1)CC1CCCO1. The van der Waals surface area contributed by atoms with E-state index in [2.05, 4.69) is 15.8 Å². The van der Waals surface area contributed by atoms with Crippen molar-refractivity contribution in [3.8, 4) is 0 Å². The quantitative estimate of drug-likeness (QED) is 0.802. The van der Waals surface area contributed by atoms with Gasteiger partial charge in [0.1, 0.15) is 0 Å². The number of amides is 1. The van der Waals surface area contributed by atoms with Crippen LogP contribution in [0.15, 0.2) is 24.5 Å². The Kier molecular flexibility index (Phi) is 6.37. The number of nitrogens with one attached hydrogen (secondary N) is 2. The van der Waals surface area contributed by atoms with Crippen LogP contribution in [0.2, 0.25) is 0 Å². The monoisotopic (exact) mass is 372 g/mol. The average Bonchev–Trinajstić information content (AvgIpc) is 3.40. The van der Waals surface area contributed by atoms with Crippen LogP contribution < -0.4 is 10.9 Å². The second kappa shape index (κ2) is 9.13. The lowest BCUT2D eigenvalue weighted by atomic mass is 9.79. The number of hydrogen-bond donors (Lipinski definition) is 2. The van der Waals surface area contributed by atoms with Crippen molar-refractivity contribution in [2.24, 2.45) is 11.8 Å². The summed E-state index contributed by atoms with van der Waals surface area (Å²) in [6, 6.07) is 4.25. The Labute approximate surface area is 162 Å². The highest BCUT2D eigenvalue weighted by atomic mass is 16.5. The zero-order valence-corrected chi connectivity index (χ0v) is 16.1. The topological polar surface area (TPSA) is 66.5 Å². The summed E-state index contributed by atoms with van der Waals surface area (Å²) in [5.74, 6) is 0.875. The van der Waals surface area contributed by atoms with Gasteiger partial charge < -0.3 is 9.64 Å². The van der Waals surface area contributed by atoms with Crippen LogP contribution in [0.25, 0.3) is 0 Å². The highest BCUT2D eigenvalue weighted by Gasteiger charge is 2.40. The van der Waals surface area contributed by atoms with Gasteiger partial charge >= 0.3 is 0 Å². The lowest BCUT2D eigenvalue weighted by Crippen LogP contribution is -2.47. The number of hydrazine groups is 1. The second-order valence-corrected chi connectivity index (χ2v) is 8.26. The molecule has 2 N–H and O–H groups in total. The molecule has 2 saturated heterocycles. The summed E-state index contributed by atoms with van der Waals surface area (Å²) in [6.07, 6.45) is 12.3. The Hall–Kier alpha value is -1.50. The van der Waals surface area contributed by atoms with Crippen molar-refractivity contribution in [1.82, 2.24) is 20.7 Å². The van der Waals surface area contributed by atoms with Gasteiger partial charge in [0.15, 0.2) is 0 Å². The Morgan fingerprint density at radius 2 is 1.96 bits per heavy atom. The minimum Gasteiger partial charge on any atom is -0.376 e. The van der Waals surface area contributed by atoms with Crippen LogP contribution in [0, 0.1) is 11.8 Å². The first kappa shape index (κ1) is 18.8. The minimum atomic E-state index is 0.0105. The molecule has 6 heteroatoms. The van der Waals surface area contributed by atoms with Gasteiger partial charge in [0.2, 0.25) is 5.91 Å². The summed E-state index contributed by atoms with van der Waals surface area (Å²) in [5, 5.41) is 0. The van der Waals surface area contributed by atoms with Crippen LogP contribution in [0.3, 0.4) is 0 Å². The molecule has 1 amide bonds. The number of carbonyl (C=O) groups excluding carboxylic acids is 1. The van der Waals surface area contributed by atoms with Crippen molar-refractivity contribution in [2.45, 2.75) is 63.6 Å². The van der Waals surface area contributed by atoms with E-state index in [-0.39, 0.29) is 24.0 Å². The molecule has 1 saturated carbocycles. The fourth-order valence-electron chi connectivity index (χ4n) is 4.90. The second-order valence-electron chi connectivity index (χ2n) is 8.26. The molecular formula is C21H32N4O2. The summed E-state index contributed by atoms with van der Waals surface area (Å²) < 4.78 is 5.84. The van der Waals surface area contributed by atoms with Gasteiger partial charge in [0.25, 0.3) is 0 Å². The Bertz CT molecular complexity index is 599. The zero-order valence-electron chi connectivity index (χ0n) is 16.1. The van der Waals surface area contributed by atoms with E-state index in [4.69, 9.17) is 4.74 Å². The first-order chi connectivity index (χ1) is 13.3. The average molecular weight is 373 g/mol.